The number of hydrogen-bond donors (Lipinski definition) is 1. The Morgan fingerprint density at radius 2 is 2.11 bits per heavy atom. The largest absolute Gasteiger partial charge is 0.492 e. The van der Waals surface area contributed by atoms with Crippen molar-refractivity contribution in [2.75, 3.05) is 38.2 Å². The fraction of sp³-hybridized carbons (Fsp3) is 0.316. The number of amides is 1. The van der Waals surface area contributed by atoms with E-state index in [1.165, 1.54) is 33.9 Å². The fourth-order valence-corrected chi connectivity index (χ4v) is 4.76. The molecule has 0 spiro atoms. The molecule has 2 aromatic rings. The minimum Gasteiger partial charge on any atom is -0.492 e. The normalized spacial score (nSPS) is 15.6. The minimum absolute atomic E-state index is 0.107. The van der Waals surface area contributed by atoms with Crippen LogP contribution in [0.1, 0.15) is 11.8 Å². The molecule has 1 aromatic carbocycles. The summed E-state index contributed by atoms with van der Waals surface area (Å²) in [5.74, 6) is 0.0524. The van der Waals surface area contributed by atoms with Gasteiger partial charge in [0.2, 0.25) is 15.9 Å². The van der Waals surface area contributed by atoms with Crippen molar-refractivity contribution in [3.8, 4) is 5.75 Å². The molecule has 0 bridgehead atoms. The zero-order valence-corrected chi connectivity index (χ0v) is 17.1. The highest BCUT2D eigenvalue weighted by atomic mass is 32.2. The van der Waals surface area contributed by atoms with Crippen LogP contribution in [0.15, 0.2) is 46.7 Å². The number of anilines is 1. The monoisotopic (exact) mass is 422 g/mol. The van der Waals surface area contributed by atoms with E-state index < -0.39 is 10.0 Å². The van der Waals surface area contributed by atoms with E-state index in [0.29, 0.717) is 44.3 Å². The summed E-state index contributed by atoms with van der Waals surface area (Å²) in [6.45, 7) is 3.56. The topological polar surface area (TPSA) is 84.9 Å². The van der Waals surface area contributed by atoms with E-state index in [2.05, 4.69) is 5.32 Å². The Balaban J connectivity index is 1.83. The van der Waals surface area contributed by atoms with Gasteiger partial charge < -0.3 is 14.8 Å². The molecule has 0 radical (unpaired) electrons. The molecule has 1 aliphatic heterocycles. The van der Waals surface area contributed by atoms with Gasteiger partial charge in [-0.05, 0) is 42.6 Å². The third kappa shape index (κ3) is 4.99. The van der Waals surface area contributed by atoms with Gasteiger partial charge in [0.05, 0.1) is 30.4 Å². The molecule has 150 valence electrons. The van der Waals surface area contributed by atoms with Gasteiger partial charge in [-0.1, -0.05) is 6.07 Å². The second-order valence-electron chi connectivity index (χ2n) is 5.95. The number of carbonyl (C=O) groups is 1. The molecular weight excluding hydrogens is 400 g/mol. The van der Waals surface area contributed by atoms with Crippen molar-refractivity contribution in [1.82, 2.24) is 4.31 Å². The van der Waals surface area contributed by atoms with E-state index in [1.54, 1.807) is 12.1 Å². The van der Waals surface area contributed by atoms with E-state index in [1.807, 2.05) is 24.4 Å². The van der Waals surface area contributed by atoms with Crippen molar-refractivity contribution in [3.05, 3.63) is 46.7 Å². The SMILES string of the molecule is CCOc1ccc(S(=O)(=O)N2CCOCC2)cc1NC(=O)/C=C/c1cccs1. The molecule has 7 nitrogen and oxygen atoms in total. The highest BCUT2D eigenvalue weighted by Gasteiger charge is 2.27. The van der Waals surface area contributed by atoms with Gasteiger partial charge in [0.25, 0.3) is 0 Å². The Kier molecular flexibility index (Phi) is 6.84. The molecule has 0 unspecified atom stereocenters. The molecule has 1 N–H and O–H groups in total. The van der Waals surface area contributed by atoms with Crippen LogP contribution in [-0.4, -0.2) is 51.5 Å². The van der Waals surface area contributed by atoms with Gasteiger partial charge in [-0.15, -0.1) is 11.3 Å². The van der Waals surface area contributed by atoms with Gasteiger partial charge in [0.15, 0.2) is 0 Å². The Labute approximate surface area is 168 Å². The number of morpholine rings is 1. The molecule has 28 heavy (non-hydrogen) atoms. The number of carbonyl (C=O) groups excluding carboxylic acids is 1. The lowest BCUT2D eigenvalue weighted by Crippen LogP contribution is -2.40. The van der Waals surface area contributed by atoms with Crippen molar-refractivity contribution in [1.29, 1.82) is 0 Å². The predicted molar refractivity (Wildman–Crippen MR) is 109 cm³/mol. The second kappa shape index (κ2) is 9.33. The van der Waals surface area contributed by atoms with Crippen LogP contribution in [-0.2, 0) is 19.6 Å². The highest BCUT2D eigenvalue weighted by molar-refractivity contribution is 7.89. The van der Waals surface area contributed by atoms with E-state index in [0.717, 1.165) is 4.88 Å². The molecule has 1 aromatic heterocycles. The summed E-state index contributed by atoms with van der Waals surface area (Å²) in [5.41, 5.74) is 0.317. The van der Waals surface area contributed by atoms with E-state index >= 15 is 0 Å². The van der Waals surface area contributed by atoms with Gasteiger partial charge in [0, 0.05) is 24.0 Å². The maximum Gasteiger partial charge on any atom is 0.248 e. The smallest absolute Gasteiger partial charge is 0.248 e. The fourth-order valence-electron chi connectivity index (χ4n) is 2.70. The number of ether oxygens (including phenoxy) is 2. The summed E-state index contributed by atoms with van der Waals surface area (Å²) in [7, 11) is -3.67. The summed E-state index contributed by atoms with van der Waals surface area (Å²) in [4.78, 5) is 13.4. The first-order chi connectivity index (χ1) is 13.5. The Morgan fingerprint density at radius 1 is 1.32 bits per heavy atom. The summed E-state index contributed by atoms with van der Waals surface area (Å²) in [6, 6.07) is 8.29. The summed E-state index contributed by atoms with van der Waals surface area (Å²) < 4.78 is 37.9. The van der Waals surface area contributed by atoms with Crippen LogP contribution in [0.25, 0.3) is 6.08 Å². The first-order valence-electron chi connectivity index (χ1n) is 8.88. The number of nitrogens with one attached hydrogen (secondary N) is 1. The van der Waals surface area contributed by atoms with Crippen LogP contribution >= 0.6 is 11.3 Å². The summed E-state index contributed by atoms with van der Waals surface area (Å²) in [6.07, 6.45) is 3.11. The Morgan fingerprint density at radius 3 is 2.79 bits per heavy atom. The molecule has 0 atom stereocenters. The third-order valence-electron chi connectivity index (χ3n) is 4.06. The van der Waals surface area contributed by atoms with Crippen molar-refractivity contribution in [2.24, 2.45) is 0 Å². The van der Waals surface area contributed by atoms with Gasteiger partial charge >= 0.3 is 0 Å². The minimum atomic E-state index is -3.67. The number of sulfonamides is 1. The zero-order valence-electron chi connectivity index (χ0n) is 15.5. The maximum absolute atomic E-state index is 12.9. The van der Waals surface area contributed by atoms with Gasteiger partial charge in [-0.25, -0.2) is 8.42 Å². The van der Waals surface area contributed by atoms with Crippen LogP contribution in [0.5, 0.6) is 5.75 Å². The van der Waals surface area contributed by atoms with Crippen molar-refractivity contribution in [2.45, 2.75) is 11.8 Å². The lowest BCUT2D eigenvalue weighted by Gasteiger charge is -2.26. The predicted octanol–water partition coefficient (Wildman–Crippen LogP) is 2.82. The summed E-state index contributed by atoms with van der Waals surface area (Å²) in [5, 5.41) is 4.64. The average Bonchev–Trinajstić information content (AvgIpc) is 3.22. The van der Waals surface area contributed by atoms with Gasteiger partial charge in [-0.2, -0.15) is 4.31 Å². The third-order valence-corrected chi connectivity index (χ3v) is 6.79. The van der Waals surface area contributed by atoms with Crippen molar-refractivity contribution in [3.63, 3.8) is 0 Å². The van der Waals surface area contributed by atoms with Crippen molar-refractivity contribution >= 4 is 39.0 Å². The molecule has 0 saturated carbocycles. The second-order valence-corrected chi connectivity index (χ2v) is 8.86. The van der Waals surface area contributed by atoms with Crippen LogP contribution < -0.4 is 10.1 Å². The van der Waals surface area contributed by atoms with Crippen molar-refractivity contribution < 1.29 is 22.7 Å². The number of hydrogen-bond acceptors (Lipinski definition) is 6. The lowest BCUT2D eigenvalue weighted by atomic mass is 10.3. The molecular formula is C19H22N2O5S2. The molecule has 1 fully saturated rings. The number of rotatable bonds is 7. The standard InChI is InChI=1S/C19H22N2O5S2/c1-2-26-18-7-6-16(28(23,24)21-9-11-25-12-10-21)14-17(18)20-19(22)8-5-15-4-3-13-27-15/h3-8,13-14H,2,9-12H2,1H3,(H,20,22)/b8-5+. The van der Waals surface area contributed by atoms with Gasteiger partial charge in [0.1, 0.15) is 5.75 Å². The van der Waals surface area contributed by atoms with E-state index in [4.69, 9.17) is 9.47 Å². The molecule has 1 aliphatic rings. The molecule has 1 amide bonds. The summed E-state index contributed by atoms with van der Waals surface area (Å²) >= 11 is 1.52. The molecule has 0 aliphatic carbocycles. The zero-order chi connectivity index (χ0) is 20.0. The lowest BCUT2D eigenvalue weighted by molar-refractivity contribution is -0.111. The number of thiophene rings is 1. The van der Waals surface area contributed by atoms with E-state index in [-0.39, 0.29) is 10.8 Å². The first kappa shape index (κ1) is 20.5. The molecule has 1 saturated heterocycles. The van der Waals surface area contributed by atoms with Crippen LogP contribution in [0.3, 0.4) is 0 Å². The number of benzene rings is 1. The van der Waals surface area contributed by atoms with Crippen LogP contribution in [0, 0.1) is 0 Å². The molecule has 2 heterocycles. The first-order valence-corrected chi connectivity index (χ1v) is 11.2. The number of nitrogens with zero attached hydrogens (tertiary/aromatic N) is 1. The van der Waals surface area contributed by atoms with Crippen LogP contribution in [0.2, 0.25) is 0 Å². The Hall–Kier alpha value is -2.20. The van der Waals surface area contributed by atoms with Crippen LogP contribution in [0.4, 0.5) is 5.69 Å². The quantitative estimate of drug-likeness (QED) is 0.694. The molecule has 3 rings (SSSR count). The highest BCUT2D eigenvalue weighted by Crippen LogP contribution is 2.29. The average molecular weight is 423 g/mol. The van der Waals surface area contributed by atoms with E-state index in [9.17, 15) is 13.2 Å². The Bertz CT molecular complexity index is 933. The maximum atomic E-state index is 12.9. The molecule has 9 heteroatoms. The van der Waals surface area contributed by atoms with Gasteiger partial charge in [-0.3, -0.25) is 4.79 Å².